The largest absolute Gasteiger partial charge is 0.398 e. The third-order valence-corrected chi connectivity index (χ3v) is 5.21. The summed E-state index contributed by atoms with van der Waals surface area (Å²) in [5.41, 5.74) is 8.18. The van der Waals surface area contributed by atoms with Gasteiger partial charge in [-0.05, 0) is 23.3 Å². The Balaban J connectivity index is 1.99. The van der Waals surface area contributed by atoms with Crippen LogP contribution in [0.25, 0.3) is 0 Å². The molecule has 1 heterocycles. The summed E-state index contributed by atoms with van der Waals surface area (Å²) in [6.07, 6.45) is 0. The normalized spacial score (nSPS) is 15.4. The van der Waals surface area contributed by atoms with E-state index in [0.717, 1.165) is 11.1 Å². The number of hydrogen-bond donors (Lipinski definition) is 1. The number of sulfonamides is 1. The maximum absolute atomic E-state index is 12.6. The van der Waals surface area contributed by atoms with Crippen LogP contribution >= 0.6 is 0 Å². The summed E-state index contributed by atoms with van der Waals surface area (Å²) >= 11 is 0. The van der Waals surface area contributed by atoms with Crippen molar-refractivity contribution in [2.75, 3.05) is 5.73 Å². The van der Waals surface area contributed by atoms with Gasteiger partial charge in [-0.3, -0.25) is 0 Å². The zero-order valence-electron chi connectivity index (χ0n) is 10.3. The van der Waals surface area contributed by atoms with Gasteiger partial charge in [-0.1, -0.05) is 36.4 Å². The molecule has 3 rings (SSSR count). The Hall–Kier alpha value is -1.85. The fraction of sp³-hybridized carbons (Fsp3) is 0.143. The van der Waals surface area contributed by atoms with Gasteiger partial charge < -0.3 is 5.73 Å². The monoisotopic (exact) mass is 274 g/mol. The maximum atomic E-state index is 12.6. The zero-order chi connectivity index (χ0) is 13.5. The SMILES string of the molecule is Nc1ccccc1S(=O)(=O)N1Cc2ccccc2C1. The van der Waals surface area contributed by atoms with Crippen LogP contribution in [0.4, 0.5) is 5.69 Å². The minimum Gasteiger partial charge on any atom is -0.398 e. The number of hydrogen-bond acceptors (Lipinski definition) is 3. The average molecular weight is 274 g/mol. The van der Waals surface area contributed by atoms with E-state index >= 15 is 0 Å². The fourth-order valence-electron chi connectivity index (χ4n) is 2.33. The first kappa shape index (κ1) is 12.2. The molecule has 0 spiro atoms. The Morgan fingerprint density at radius 1 is 0.895 bits per heavy atom. The van der Waals surface area contributed by atoms with Crippen LogP contribution in [0.15, 0.2) is 53.4 Å². The minimum atomic E-state index is -3.53. The third kappa shape index (κ3) is 2.01. The van der Waals surface area contributed by atoms with Crippen LogP contribution in [0.5, 0.6) is 0 Å². The molecule has 0 atom stereocenters. The predicted molar refractivity (Wildman–Crippen MR) is 73.7 cm³/mol. The summed E-state index contributed by atoms with van der Waals surface area (Å²) in [5, 5.41) is 0. The Bertz CT molecular complexity index is 701. The average Bonchev–Trinajstić information content (AvgIpc) is 2.83. The molecular formula is C14H14N2O2S. The van der Waals surface area contributed by atoms with Crippen LogP contribution in [0.2, 0.25) is 0 Å². The first-order chi connectivity index (χ1) is 9.09. The lowest BCUT2D eigenvalue weighted by atomic mass is 10.1. The molecule has 5 heteroatoms. The molecule has 0 fully saturated rings. The van der Waals surface area contributed by atoms with Gasteiger partial charge in [0.25, 0.3) is 0 Å². The van der Waals surface area contributed by atoms with E-state index in [1.165, 1.54) is 4.31 Å². The molecule has 19 heavy (non-hydrogen) atoms. The van der Waals surface area contributed by atoms with Crippen molar-refractivity contribution in [1.82, 2.24) is 4.31 Å². The smallest absolute Gasteiger partial charge is 0.245 e. The summed E-state index contributed by atoms with van der Waals surface area (Å²) in [4.78, 5) is 0.183. The molecule has 2 aromatic rings. The summed E-state index contributed by atoms with van der Waals surface area (Å²) in [6.45, 7) is 0.819. The lowest BCUT2D eigenvalue weighted by Crippen LogP contribution is -2.26. The highest BCUT2D eigenvalue weighted by Crippen LogP contribution is 2.30. The standard InChI is InChI=1S/C14H14N2O2S/c15-13-7-3-4-8-14(13)19(17,18)16-9-11-5-1-2-6-12(11)10-16/h1-8H,9-10,15H2. The number of rotatable bonds is 2. The van der Waals surface area contributed by atoms with Crippen LogP contribution in [-0.4, -0.2) is 12.7 Å². The highest BCUT2D eigenvalue weighted by Gasteiger charge is 2.31. The number of fused-ring (bicyclic) bond motifs is 1. The van der Waals surface area contributed by atoms with Gasteiger partial charge in [0.05, 0.1) is 5.69 Å². The van der Waals surface area contributed by atoms with Crippen molar-refractivity contribution in [2.45, 2.75) is 18.0 Å². The second-order valence-electron chi connectivity index (χ2n) is 4.58. The Morgan fingerprint density at radius 3 is 2.00 bits per heavy atom. The zero-order valence-corrected chi connectivity index (χ0v) is 11.1. The molecule has 0 bridgehead atoms. The maximum Gasteiger partial charge on any atom is 0.245 e. The number of para-hydroxylation sites is 1. The molecule has 2 N–H and O–H groups in total. The van der Waals surface area contributed by atoms with E-state index in [4.69, 9.17) is 5.73 Å². The first-order valence-electron chi connectivity index (χ1n) is 6.00. The van der Waals surface area contributed by atoms with Gasteiger partial charge in [-0.15, -0.1) is 0 Å². The fourth-order valence-corrected chi connectivity index (χ4v) is 3.84. The van der Waals surface area contributed by atoms with E-state index in [1.807, 2.05) is 24.3 Å². The first-order valence-corrected chi connectivity index (χ1v) is 7.44. The van der Waals surface area contributed by atoms with Crippen LogP contribution in [-0.2, 0) is 23.1 Å². The Kier molecular flexibility index (Phi) is 2.80. The van der Waals surface area contributed by atoms with E-state index in [9.17, 15) is 8.42 Å². The summed E-state index contributed by atoms with van der Waals surface area (Å²) < 4.78 is 26.6. The molecule has 1 aliphatic rings. The molecule has 0 amide bonds. The van der Waals surface area contributed by atoms with E-state index < -0.39 is 10.0 Å². The third-order valence-electron chi connectivity index (χ3n) is 3.35. The number of nitrogen functional groups attached to an aromatic ring is 1. The topological polar surface area (TPSA) is 63.4 Å². The number of benzene rings is 2. The molecule has 98 valence electrons. The molecular weight excluding hydrogens is 260 g/mol. The van der Waals surface area contributed by atoms with E-state index in [0.29, 0.717) is 18.8 Å². The van der Waals surface area contributed by atoms with Gasteiger partial charge in [-0.2, -0.15) is 4.31 Å². The van der Waals surface area contributed by atoms with Gasteiger partial charge in [0, 0.05) is 13.1 Å². The predicted octanol–water partition coefficient (Wildman–Crippen LogP) is 1.97. The Morgan fingerprint density at radius 2 is 1.42 bits per heavy atom. The van der Waals surface area contributed by atoms with Gasteiger partial charge in [-0.25, -0.2) is 8.42 Å². The highest BCUT2D eigenvalue weighted by molar-refractivity contribution is 7.89. The van der Waals surface area contributed by atoms with Gasteiger partial charge in [0.2, 0.25) is 10.0 Å². The van der Waals surface area contributed by atoms with Gasteiger partial charge in [0.1, 0.15) is 4.90 Å². The summed E-state index contributed by atoms with van der Waals surface area (Å²) in [6, 6.07) is 14.3. The lowest BCUT2D eigenvalue weighted by molar-refractivity contribution is 0.432. The molecule has 1 aliphatic heterocycles. The van der Waals surface area contributed by atoms with Crippen molar-refractivity contribution in [3.8, 4) is 0 Å². The molecule has 0 aliphatic carbocycles. The number of nitrogens with zero attached hydrogens (tertiary/aromatic N) is 1. The van der Waals surface area contributed by atoms with Crippen molar-refractivity contribution >= 4 is 15.7 Å². The van der Waals surface area contributed by atoms with E-state index in [1.54, 1.807) is 24.3 Å². The second-order valence-corrected chi connectivity index (χ2v) is 6.49. The van der Waals surface area contributed by atoms with Crippen molar-refractivity contribution in [3.63, 3.8) is 0 Å². The van der Waals surface area contributed by atoms with Crippen molar-refractivity contribution in [2.24, 2.45) is 0 Å². The summed E-state index contributed by atoms with van der Waals surface area (Å²) in [7, 11) is -3.53. The Labute approximate surface area is 112 Å². The second kappa shape index (κ2) is 4.36. The quantitative estimate of drug-likeness (QED) is 0.852. The molecule has 4 nitrogen and oxygen atoms in total. The van der Waals surface area contributed by atoms with Crippen LogP contribution < -0.4 is 5.73 Å². The van der Waals surface area contributed by atoms with Gasteiger partial charge >= 0.3 is 0 Å². The molecule has 0 unspecified atom stereocenters. The molecule has 0 aromatic heterocycles. The number of anilines is 1. The minimum absolute atomic E-state index is 0.183. The van der Waals surface area contributed by atoms with Crippen LogP contribution in [0.3, 0.4) is 0 Å². The highest BCUT2D eigenvalue weighted by atomic mass is 32.2. The number of nitrogens with two attached hydrogens (primary N) is 1. The molecule has 0 saturated carbocycles. The molecule has 0 saturated heterocycles. The van der Waals surface area contributed by atoms with E-state index in [-0.39, 0.29) is 4.90 Å². The molecule has 0 radical (unpaired) electrons. The summed E-state index contributed by atoms with van der Waals surface area (Å²) in [5.74, 6) is 0. The van der Waals surface area contributed by atoms with Crippen LogP contribution in [0, 0.1) is 0 Å². The van der Waals surface area contributed by atoms with Gasteiger partial charge in [0.15, 0.2) is 0 Å². The molecule has 2 aromatic carbocycles. The lowest BCUT2D eigenvalue weighted by Gasteiger charge is -2.16. The van der Waals surface area contributed by atoms with Crippen LogP contribution in [0.1, 0.15) is 11.1 Å². The van der Waals surface area contributed by atoms with Crippen molar-refractivity contribution < 1.29 is 8.42 Å². The van der Waals surface area contributed by atoms with Crippen molar-refractivity contribution in [3.05, 3.63) is 59.7 Å². The van der Waals surface area contributed by atoms with E-state index in [2.05, 4.69) is 0 Å². The van der Waals surface area contributed by atoms with Crippen molar-refractivity contribution in [1.29, 1.82) is 0 Å².